The molecule has 0 unspecified atom stereocenters. The number of rotatable bonds is 6. The molecule has 8 heteroatoms. The molecule has 0 bridgehead atoms. The Kier molecular flexibility index (Phi) is 6.70. The zero-order valence-corrected chi connectivity index (χ0v) is 19.4. The summed E-state index contributed by atoms with van der Waals surface area (Å²) in [5.74, 6) is -3.20. The molecule has 3 fully saturated rings. The van der Waals surface area contributed by atoms with Crippen molar-refractivity contribution in [3.8, 4) is 0 Å². The van der Waals surface area contributed by atoms with Crippen LogP contribution in [-0.2, 0) is 33.4 Å². The first-order valence-corrected chi connectivity index (χ1v) is 11.1. The van der Waals surface area contributed by atoms with E-state index in [1.54, 1.807) is 0 Å². The number of fused-ring (bicyclic) bond motifs is 3. The van der Waals surface area contributed by atoms with E-state index in [1.165, 1.54) is 20.8 Å². The normalized spacial score (nSPS) is 33.5. The first kappa shape index (κ1) is 24.2. The van der Waals surface area contributed by atoms with Crippen LogP contribution >= 0.6 is 11.6 Å². The van der Waals surface area contributed by atoms with Crippen LogP contribution in [0.5, 0.6) is 0 Å². The summed E-state index contributed by atoms with van der Waals surface area (Å²) in [5.41, 5.74) is 0.384. The molecule has 3 aliphatic rings. The van der Waals surface area contributed by atoms with Gasteiger partial charge in [-0.05, 0) is 37.2 Å². The standard InChI is InChI=1S/C24H29ClO7/c1-11-7-16(8-19(28)24(6,10-25)32-15(5)27)20-13(3)23(29)31-22(20)21-12(2)18(9-17(11)21)30-14(4)26/h16-18,20-22H,1-3,7-10H2,4-6H3/t16-,17+,18+,20-,21+,22+,24-/m1/s1. The fraction of sp³-hybridized carbons (Fsp3) is 0.583. The second kappa shape index (κ2) is 8.85. The predicted molar refractivity (Wildman–Crippen MR) is 117 cm³/mol. The molecule has 1 saturated heterocycles. The van der Waals surface area contributed by atoms with Crippen LogP contribution in [0, 0.1) is 23.7 Å². The maximum Gasteiger partial charge on any atom is 0.334 e. The number of hydrogen-bond acceptors (Lipinski definition) is 7. The van der Waals surface area contributed by atoms with Gasteiger partial charge in [-0.1, -0.05) is 25.3 Å². The van der Waals surface area contributed by atoms with E-state index in [9.17, 15) is 19.2 Å². The molecule has 3 rings (SSSR count). The molecule has 0 aromatic rings. The van der Waals surface area contributed by atoms with Crippen LogP contribution in [0.2, 0.25) is 0 Å². The molecule has 1 aliphatic heterocycles. The lowest BCUT2D eigenvalue weighted by Gasteiger charge is -2.31. The van der Waals surface area contributed by atoms with Crippen molar-refractivity contribution in [3.63, 3.8) is 0 Å². The van der Waals surface area contributed by atoms with Gasteiger partial charge in [-0.15, -0.1) is 11.6 Å². The summed E-state index contributed by atoms with van der Waals surface area (Å²) in [7, 11) is 0. The van der Waals surface area contributed by atoms with Crippen molar-refractivity contribution >= 4 is 35.3 Å². The summed E-state index contributed by atoms with van der Waals surface area (Å²) in [6.07, 6.45) is -0.0912. The molecule has 7 atom stereocenters. The lowest BCUT2D eigenvalue weighted by atomic mass is 9.75. The lowest BCUT2D eigenvalue weighted by molar-refractivity contribution is -0.162. The van der Waals surface area contributed by atoms with Gasteiger partial charge in [0.1, 0.15) is 12.2 Å². The molecule has 0 aromatic carbocycles. The Hall–Kier alpha value is -2.41. The number of ether oxygens (including phenoxy) is 3. The van der Waals surface area contributed by atoms with Gasteiger partial charge < -0.3 is 14.2 Å². The predicted octanol–water partition coefficient (Wildman–Crippen LogP) is 3.30. The monoisotopic (exact) mass is 464 g/mol. The van der Waals surface area contributed by atoms with Gasteiger partial charge in [-0.3, -0.25) is 14.4 Å². The Bertz CT molecular complexity index is 906. The summed E-state index contributed by atoms with van der Waals surface area (Å²) < 4.78 is 16.4. The van der Waals surface area contributed by atoms with Crippen molar-refractivity contribution < 1.29 is 33.4 Å². The number of allylic oxidation sites excluding steroid dienone is 1. The van der Waals surface area contributed by atoms with Gasteiger partial charge in [0.2, 0.25) is 0 Å². The number of carbonyl (C=O) groups is 4. The number of esters is 3. The van der Waals surface area contributed by atoms with Crippen LogP contribution < -0.4 is 0 Å². The van der Waals surface area contributed by atoms with E-state index >= 15 is 0 Å². The van der Waals surface area contributed by atoms with E-state index < -0.39 is 41.6 Å². The molecule has 0 aromatic heterocycles. The maximum atomic E-state index is 13.2. The smallest absolute Gasteiger partial charge is 0.334 e. The Labute approximate surface area is 192 Å². The van der Waals surface area contributed by atoms with Crippen molar-refractivity contribution in [2.75, 3.05) is 5.88 Å². The molecule has 174 valence electrons. The summed E-state index contributed by atoms with van der Waals surface area (Å²) in [5, 5.41) is 0. The first-order chi connectivity index (χ1) is 14.9. The van der Waals surface area contributed by atoms with Gasteiger partial charge in [0.25, 0.3) is 0 Å². The Balaban J connectivity index is 1.93. The van der Waals surface area contributed by atoms with E-state index in [0.717, 1.165) is 5.57 Å². The molecule has 0 amide bonds. The van der Waals surface area contributed by atoms with Crippen LogP contribution in [0.15, 0.2) is 36.5 Å². The van der Waals surface area contributed by atoms with Gasteiger partial charge in [-0.2, -0.15) is 0 Å². The molecule has 32 heavy (non-hydrogen) atoms. The highest BCUT2D eigenvalue weighted by Gasteiger charge is 2.57. The van der Waals surface area contributed by atoms with Gasteiger partial charge in [0.15, 0.2) is 11.4 Å². The van der Waals surface area contributed by atoms with E-state index in [0.29, 0.717) is 24.0 Å². The molecule has 7 nitrogen and oxygen atoms in total. The number of carbonyl (C=O) groups excluding carboxylic acids is 4. The fourth-order valence-electron chi connectivity index (χ4n) is 5.39. The first-order valence-electron chi connectivity index (χ1n) is 10.6. The van der Waals surface area contributed by atoms with Crippen LogP contribution in [-0.4, -0.2) is 47.4 Å². The maximum absolute atomic E-state index is 13.2. The third kappa shape index (κ3) is 4.27. The molecular weight excluding hydrogens is 436 g/mol. The molecule has 2 aliphatic carbocycles. The van der Waals surface area contributed by atoms with Gasteiger partial charge in [0.05, 0.1) is 5.88 Å². The minimum absolute atomic E-state index is 0.0195. The lowest BCUT2D eigenvalue weighted by Crippen LogP contribution is -2.43. The zero-order chi connectivity index (χ0) is 24.0. The van der Waals surface area contributed by atoms with Gasteiger partial charge >= 0.3 is 17.9 Å². The van der Waals surface area contributed by atoms with E-state index in [1.807, 2.05) is 0 Å². The summed E-state index contributed by atoms with van der Waals surface area (Å²) in [6.45, 7) is 16.4. The largest absolute Gasteiger partial charge is 0.458 e. The third-order valence-electron chi connectivity index (χ3n) is 6.89. The van der Waals surface area contributed by atoms with Crippen LogP contribution in [0.3, 0.4) is 0 Å². The second-order valence-corrected chi connectivity index (χ2v) is 9.44. The topological polar surface area (TPSA) is 96.0 Å². The van der Waals surface area contributed by atoms with E-state index in [4.69, 9.17) is 25.8 Å². The average Bonchev–Trinajstić information content (AvgIpc) is 3.12. The van der Waals surface area contributed by atoms with Gasteiger partial charge in [-0.25, -0.2) is 4.79 Å². The highest BCUT2D eigenvalue weighted by molar-refractivity contribution is 6.20. The van der Waals surface area contributed by atoms with E-state index in [-0.39, 0.29) is 35.8 Å². The van der Waals surface area contributed by atoms with Crippen molar-refractivity contribution in [1.82, 2.24) is 0 Å². The Morgan fingerprint density at radius 3 is 2.38 bits per heavy atom. The molecule has 1 heterocycles. The molecule has 0 N–H and O–H groups in total. The number of ketones is 1. The number of halogens is 1. The van der Waals surface area contributed by atoms with Gasteiger partial charge in [0, 0.05) is 37.7 Å². The van der Waals surface area contributed by atoms with Crippen molar-refractivity contribution in [1.29, 1.82) is 0 Å². The number of hydrogen-bond donors (Lipinski definition) is 0. The minimum Gasteiger partial charge on any atom is -0.458 e. The Morgan fingerprint density at radius 2 is 1.81 bits per heavy atom. The number of alkyl halides is 1. The van der Waals surface area contributed by atoms with E-state index in [2.05, 4.69) is 19.7 Å². The van der Waals surface area contributed by atoms with Crippen LogP contribution in [0.1, 0.15) is 40.0 Å². The summed E-state index contributed by atoms with van der Waals surface area (Å²) in [6, 6.07) is 0. The highest BCUT2D eigenvalue weighted by atomic mass is 35.5. The molecular formula is C24H29ClO7. The van der Waals surface area contributed by atoms with Crippen LogP contribution in [0.4, 0.5) is 0 Å². The SMILES string of the molecule is C=C1C(=O)O[C@H]2[C@H]1[C@@H](CC(=O)[C@@](C)(CCl)OC(C)=O)CC(=C)[C@@H]1C[C@H](OC(C)=O)C(=C)[C@H]21. The quantitative estimate of drug-likeness (QED) is 0.195. The van der Waals surface area contributed by atoms with Crippen molar-refractivity contribution in [3.05, 3.63) is 36.5 Å². The highest BCUT2D eigenvalue weighted by Crippen LogP contribution is 2.55. The second-order valence-electron chi connectivity index (χ2n) is 9.17. The van der Waals surface area contributed by atoms with Crippen LogP contribution in [0.25, 0.3) is 0 Å². The molecule has 2 saturated carbocycles. The molecule has 0 spiro atoms. The fourth-order valence-corrected chi connectivity index (χ4v) is 5.59. The minimum atomic E-state index is -1.47. The molecule has 0 radical (unpaired) electrons. The third-order valence-corrected chi connectivity index (χ3v) is 7.40. The number of Topliss-reactive ketones (excluding diaryl/α,β-unsaturated/α-hetero) is 1. The average molecular weight is 465 g/mol. The summed E-state index contributed by atoms with van der Waals surface area (Å²) in [4.78, 5) is 48.7. The van der Waals surface area contributed by atoms with Crippen molar-refractivity contribution in [2.24, 2.45) is 23.7 Å². The Morgan fingerprint density at radius 1 is 1.16 bits per heavy atom. The van der Waals surface area contributed by atoms with Crippen molar-refractivity contribution in [2.45, 2.75) is 57.8 Å². The zero-order valence-electron chi connectivity index (χ0n) is 18.6. The summed E-state index contributed by atoms with van der Waals surface area (Å²) >= 11 is 5.98.